The Bertz CT molecular complexity index is 1120. The lowest BCUT2D eigenvalue weighted by molar-refractivity contribution is 0.734. The molecule has 7 heteroatoms. The van der Waals surface area contributed by atoms with Crippen molar-refractivity contribution in [1.29, 1.82) is 0 Å². The van der Waals surface area contributed by atoms with Gasteiger partial charge in [0.1, 0.15) is 5.01 Å². The molecule has 25 heavy (non-hydrogen) atoms. The summed E-state index contributed by atoms with van der Waals surface area (Å²) in [6.07, 6.45) is 1.49. The molecule has 0 saturated carbocycles. The molecule has 0 saturated heterocycles. The van der Waals surface area contributed by atoms with Crippen LogP contribution in [-0.4, -0.2) is 14.5 Å². The van der Waals surface area contributed by atoms with Gasteiger partial charge in [0.2, 0.25) is 0 Å². The van der Waals surface area contributed by atoms with Gasteiger partial charge in [-0.15, -0.1) is 11.3 Å². The normalized spacial score (nSPS) is 11.1. The second kappa shape index (κ2) is 6.59. The summed E-state index contributed by atoms with van der Waals surface area (Å²) in [6, 6.07) is 13.1. The molecule has 4 rings (SSSR count). The average Bonchev–Trinajstić information content (AvgIpc) is 3.07. The minimum absolute atomic E-state index is 0.191. The molecular weight excluding hydrogens is 377 g/mol. The molecule has 0 aliphatic carbocycles. The lowest BCUT2D eigenvalue weighted by atomic mass is 10.2. The van der Waals surface area contributed by atoms with E-state index in [1.807, 2.05) is 35.7 Å². The molecule has 0 N–H and O–H groups in total. The molecule has 2 heterocycles. The molecule has 4 aromatic rings. The number of hydrogen-bond donors (Lipinski definition) is 0. The smallest absolute Gasteiger partial charge is 0.261 e. The second-order valence-electron chi connectivity index (χ2n) is 5.47. The van der Waals surface area contributed by atoms with Crippen molar-refractivity contribution in [3.05, 3.63) is 80.3 Å². The number of nitrogens with zero attached hydrogens (tertiary/aromatic N) is 3. The van der Waals surface area contributed by atoms with Crippen LogP contribution in [0.5, 0.6) is 0 Å². The van der Waals surface area contributed by atoms with Gasteiger partial charge in [0.15, 0.2) is 0 Å². The zero-order valence-electron chi connectivity index (χ0n) is 12.8. The summed E-state index contributed by atoms with van der Waals surface area (Å²) in [5.74, 6) is 0. The lowest BCUT2D eigenvalue weighted by Crippen LogP contribution is -2.21. The van der Waals surface area contributed by atoms with Crippen LogP contribution in [0.3, 0.4) is 0 Å². The van der Waals surface area contributed by atoms with Gasteiger partial charge >= 0.3 is 0 Å². The van der Waals surface area contributed by atoms with Gasteiger partial charge in [0, 0.05) is 16.0 Å². The van der Waals surface area contributed by atoms with E-state index in [-0.39, 0.29) is 5.56 Å². The van der Waals surface area contributed by atoms with E-state index >= 15 is 0 Å². The SMILES string of the molecule is O=c1c2cc(Cl)cc(Cl)c2ncn1Cc1csc(-c2ccccc2)n1. The van der Waals surface area contributed by atoms with Crippen LogP contribution in [0.1, 0.15) is 5.69 Å². The van der Waals surface area contributed by atoms with Gasteiger partial charge in [-0.05, 0) is 12.1 Å². The number of benzene rings is 2. The van der Waals surface area contributed by atoms with Gasteiger partial charge in [0.25, 0.3) is 5.56 Å². The fourth-order valence-corrected chi connectivity index (χ4v) is 3.93. The average molecular weight is 388 g/mol. The molecular formula is C18H11Cl2N3OS. The van der Waals surface area contributed by atoms with Gasteiger partial charge < -0.3 is 0 Å². The molecule has 2 aromatic carbocycles. The number of fused-ring (bicyclic) bond motifs is 1. The van der Waals surface area contributed by atoms with Gasteiger partial charge in [-0.3, -0.25) is 9.36 Å². The molecule has 4 nitrogen and oxygen atoms in total. The van der Waals surface area contributed by atoms with Gasteiger partial charge in [-0.25, -0.2) is 9.97 Å². The molecule has 0 atom stereocenters. The molecule has 2 aromatic heterocycles. The molecule has 0 aliphatic heterocycles. The van der Waals surface area contributed by atoms with Crippen molar-refractivity contribution >= 4 is 45.4 Å². The Morgan fingerprint density at radius 1 is 1.12 bits per heavy atom. The third-order valence-electron chi connectivity index (χ3n) is 3.75. The first-order chi connectivity index (χ1) is 12.1. The van der Waals surface area contributed by atoms with E-state index < -0.39 is 0 Å². The molecule has 0 bridgehead atoms. The number of halogens is 2. The first-order valence-electron chi connectivity index (χ1n) is 7.46. The van der Waals surface area contributed by atoms with Crippen molar-refractivity contribution in [1.82, 2.24) is 14.5 Å². The highest BCUT2D eigenvalue weighted by atomic mass is 35.5. The number of thiazole rings is 1. The highest BCUT2D eigenvalue weighted by molar-refractivity contribution is 7.13. The first-order valence-corrected chi connectivity index (χ1v) is 9.09. The molecule has 0 radical (unpaired) electrons. The van der Waals surface area contributed by atoms with E-state index in [1.54, 1.807) is 23.5 Å². The van der Waals surface area contributed by atoms with Crippen LogP contribution >= 0.6 is 34.5 Å². The van der Waals surface area contributed by atoms with Gasteiger partial charge in [0.05, 0.1) is 34.5 Å². The van der Waals surface area contributed by atoms with E-state index in [1.165, 1.54) is 10.9 Å². The molecule has 124 valence electrons. The Labute approximate surface area is 157 Å². The molecule has 0 spiro atoms. The summed E-state index contributed by atoms with van der Waals surface area (Å²) in [4.78, 5) is 21.6. The van der Waals surface area contributed by atoms with E-state index in [0.29, 0.717) is 27.5 Å². The zero-order valence-corrected chi connectivity index (χ0v) is 15.1. The quantitative estimate of drug-likeness (QED) is 0.503. The van der Waals surface area contributed by atoms with Crippen LogP contribution in [0, 0.1) is 0 Å². The second-order valence-corrected chi connectivity index (χ2v) is 7.17. The number of rotatable bonds is 3. The van der Waals surface area contributed by atoms with Crippen molar-refractivity contribution < 1.29 is 0 Å². The monoisotopic (exact) mass is 387 g/mol. The maximum absolute atomic E-state index is 12.7. The van der Waals surface area contributed by atoms with E-state index in [4.69, 9.17) is 23.2 Å². The predicted octanol–water partition coefficient (Wildman–Crippen LogP) is 4.88. The summed E-state index contributed by atoms with van der Waals surface area (Å²) < 4.78 is 1.51. The molecule has 0 aliphatic rings. The minimum Gasteiger partial charge on any atom is -0.293 e. The summed E-state index contributed by atoms with van der Waals surface area (Å²) in [7, 11) is 0. The summed E-state index contributed by atoms with van der Waals surface area (Å²) in [5, 5.41) is 4.05. The Morgan fingerprint density at radius 3 is 2.72 bits per heavy atom. The van der Waals surface area contributed by atoms with Crippen LogP contribution in [0.4, 0.5) is 0 Å². The Balaban J connectivity index is 1.71. The van der Waals surface area contributed by atoms with Crippen LogP contribution in [-0.2, 0) is 6.54 Å². The lowest BCUT2D eigenvalue weighted by Gasteiger charge is -2.06. The summed E-state index contributed by atoms with van der Waals surface area (Å²) >= 11 is 13.7. The van der Waals surface area contributed by atoms with Gasteiger partial charge in [-0.1, -0.05) is 53.5 Å². The Kier molecular flexibility index (Phi) is 4.29. The maximum atomic E-state index is 12.7. The van der Waals surface area contributed by atoms with Gasteiger partial charge in [-0.2, -0.15) is 0 Å². The highest BCUT2D eigenvalue weighted by Crippen LogP contribution is 2.25. The van der Waals surface area contributed by atoms with Crippen molar-refractivity contribution in [2.24, 2.45) is 0 Å². The van der Waals surface area contributed by atoms with E-state index in [9.17, 15) is 4.79 Å². The van der Waals surface area contributed by atoms with Crippen LogP contribution in [0.25, 0.3) is 21.5 Å². The predicted molar refractivity (Wildman–Crippen MR) is 103 cm³/mol. The Hall–Kier alpha value is -2.21. The summed E-state index contributed by atoms with van der Waals surface area (Å²) in [5.41, 5.74) is 2.13. The first kappa shape index (κ1) is 16.3. The van der Waals surface area contributed by atoms with Crippen LogP contribution in [0.2, 0.25) is 10.0 Å². The van der Waals surface area contributed by atoms with Crippen molar-refractivity contribution in [3.63, 3.8) is 0 Å². The minimum atomic E-state index is -0.191. The van der Waals surface area contributed by atoms with Crippen LogP contribution in [0.15, 0.2) is 59.0 Å². The molecule has 0 amide bonds. The number of hydrogen-bond acceptors (Lipinski definition) is 4. The van der Waals surface area contributed by atoms with Crippen molar-refractivity contribution in [3.8, 4) is 10.6 Å². The van der Waals surface area contributed by atoms with Crippen LogP contribution < -0.4 is 5.56 Å². The zero-order chi connectivity index (χ0) is 17.4. The molecule has 0 unspecified atom stereocenters. The van der Waals surface area contributed by atoms with Crippen molar-refractivity contribution in [2.75, 3.05) is 0 Å². The summed E-state index contributed by atoms with van der Waals surface area (Å²) in [6.45, 7) is 0.342. The van der Waals surface area contributed by atoms with E-state index in [0.717, 1.165) is 16.3 Å². The largest absolute Gasteiger partial charge is 0.293 e. The third-order valence-corrected chi connectivity index (χ3v) is 5.20. The standard InChI is InChI=1S/C18H11Cl2N3OS/c19-12-6-14-16(15(20)7-12)21-10-23(18(14)24)8-13-9-25-17(22-13)11-4-2-1-3-5-11/h1-7,9-10H,8H2. The van der Waals surface area contributed by atoms with E-state index in [2.05, 4.69) is 9.97 Å². The topological polar surface area (TPSA) is 47.8 Å². The number of aromatic nitrogens is 3. The molecule has 0 fully saturated rings. The fourth-order valence-electron chi connectivity index (χ4n) is 2.57. The maximum Gasteiger partial charge on any atom is 0.261 e. The van der Waals surface area contributed by atoms with Crippen molar-refractivity contribution in [2.45, 2.75) is 6.54 Å². The fraction of sp³-hybridized carbons (Fsp3) is 0.0556. The third kappa shape index (κ3) is 3.18. The highest BCUT2D eigenvalue weighted by Gasteiger charge is 2.11. The Morgan fingerprint density at radius 2 is 1.92 bits per heavy atom.